The van der Waals surface area contributed by atoms with E-state index in [2.05, 4.69) is 26.7 Å². The lowest BCUT2D eigenvalue weighted by Gasteiger charge is -2.22. The molecule has 33 heavy (non-hydrogen) atoms. The average Bonchev–Trinajstić information content (AvgIpc) is 3.48. The van der Waals surface area contributed by atoms with E-state index in [0.29, 0.717) is 10.8 Å². The van der Waals surface area contributed by atoms with Crippen molar-refractivity contribution in [1.29, 1.82) is 5.26 Å². The summed E-state index contributed by atoms with van der Waals surface area (Å²) in [5.41, 5.74) is 3.78. The second-order valence-electron chi connectivity index (χ2n) is 7.54. The van der Waals surface area contributed by atoms with Gasteiger partial charge in [0.05, 0.1) is 22.1 Å². The SMILES string of the molecule is CC.CSNCCn1cc(-c2cnn(C3CCCCO3)c2)c2c(OCC#N)cc(C)c(Cl)c21. The molecule has 0 radical (unpaired) electrons. The Balaban J connectivity index is 0.00000149. The van der Waals surface area contributed by atoms with Gasteiger partial charge in [-0.05, 0) is 44.1 Å². The molecule has 3 aromatic rings. The molecule has 1 unspecified atom stereocenters. The molecule has 0 bridgehead atoms. The van der Waals surface area contributed by atoms with Crippen LogP contribution in [0.1, 0.15) is 44.9 Å². The molecule has 0 aliphatic carbocycles. The van der Waals surface area contributed by atoms with E-state index >= 15 is 0 Å². The second-order valence-corrected chi connectivity index (χ2v) is 8.62. The molecule has 0 spiro atoms. The average molecular weight is 490 g/mol. The minimum absolute atomic E-state index is 0.0238. The molecule has 1 fully saturated rings. The van der Waals surface area contributed by atoms with Crippen LogP contribution in [0.5, 0.6) is 5.75 Å². The Morgan fingerprint density at radius 1 is 1.36 bits per heavy atom. The number of aryl methyl sites for hydroxylation is 1. The van der Waals surface area contributed by atoms with E-state index in [4.69, 9.17) is 26.3 Å². The van der Waals surface area contributed by atoms with Crippen LogP contribution in [-0.2, 0) is 11.3 Å². The van der Waals surface area contributed by atoms with Crippen molar-refractivity contribution in [3.8, 4) is 22.9 Å². The van der Waals surface area contributed by atoms with Crippen molar-refractivity contribution < 1.29 is 9.47 Å². The predicted molar refractivity (Wildman–Crippen MR) is 136 cm³/mol. The van der Waals surface area contributed by atoms with Gasteiger partial charge in [-0.3, -0.25) is 4.72 Å². The van der Waals surface area contributed by atoms with Crippen LogP contribution in [0.15, 0.2) is 24.7 Å². The van der Waals surface area contributed by atoms with Gasteiger partial charge < -0.3 is 14.0 Å². The molecule has 3 heterocycles. The highest BCUT2D eigenvalue weighted by Crippen LogP contribution is 2.42. The quantitative estimate of drug-likeness (QED) is 0.310. The van der Waals surface area contributed by atoms with Crippen molar-refractivity contribution in [3.63, 3.8) is 0 Å². The molecule has 1 atom stereocenters. The zero-order valence-electron chi connectivity index (χ0n) is 19.7. The molecule has 178 valence electrons. The predicted octanol–water partition coefficient (Wildman–Crippen LogP) is 5.96. The number of aromatic nitrogens is 3. The van der Waals surface area contributed by atoms with E-state index in [-0.39, 0.29) is 12.8 Å². The van der Waals surface area contributed by atoms with Crippen molar-refractivity contribution >= 4 is 34.5 Å². The number of fused-ring (bicyclic) bond motifs is 1. The molecule has 1 saturated heterocycles. The minimum Gasteiger partial charge on any atom is -0.478 e. The lowest BCUT2D eigenvalue weighted by Crippen LogP contribution is -2.18. The second kappa shape index (κ2) is 12.3. The van der Waals surface area contributed by atoms with Gasteiger partial charge in [0, 0.05) is 43.2 Å². The van der Waals surface area contributed by atoms with Crippen molar-refractivity contribution in [2.45, 2.75) is 52.8 Å². The number of ether oxygens (including phenoxy) is 2. The molecule has 7 nitrogen and oxygen atoms in total. The summed E-state index contributed by atoms with van der Waals surface area (Å²) in [5.74, 6) is 0.659. The van der Waals surface area contributed by atoms with Gasteiger partial charge in [0.25, 0.3) is 0 Å². The third kappa shape index (κ3) is 5.67. The van der Waals surface area contributed by atoms with Crippen LogP contribution in [0, 0.1) is 18.3 Å². The van der Waals surface area contributed by atoms with Crippen LogP contribution >= 0.6 is 23.5 Å². The van der Waals surface area contributed by atoms with Crippen LogP contribution in [0.4, 0.5) is 0 Å². The van der Waals surface area contributed by atoms with E-state index in [1.165, 1.54) is 0 Å². The molecule has 4 rings (SSSR count). The van der Waals surface area contributed by atoms with Gasteiger partial charge in [0.15, 0.2) is 6.61 Å². The zero-order valence-corrected chi connectivity index (χ0v) is 21.3. The van der Waals surface area contributed by atoms with E-state index < -0.39 is 0 Å². The zero-order chi connectivity index (χ0) is 23.8. The first kappa shape index (κ1) is 25.4. The first-order valence-corrected chi connectivity index (χ1v) is 13.0. The molecule has 0 saturated carbocycles. The molecule has 9 heteroatoms. The highest BCUT2D eigenvalue weighted by Gasteiger charge is 2.22. The van der Waals surface area contributed by atoms with Gasteiger partial charge in [-0.25, -0.2) is 4.68 Å². The monoisotopic (exact) mass is 489 g/mol. The minimum atomic E-state index is -0.0261. The van der Waals surface area contributed by atoms with Crippen molar-refractivity contribution in [3.05, 3.63) is 35.2 Å². The molecular weight excluding hydrogens is 458 g/mol. The van der Waals surface area contributed by atoms with Crippen molar-refractivity contribution in [1.82, 2.24) is 19.1 Å². The maximum atomic E-state index is 9.06. The molecule has 1 aromatic carbocycles. The fourth-order valence-corrected chi connectivity index (χ4v) is 4.57. The fourth-order valence-electron chi connectivity index (χ4n) is 4.01. The van der Waals surface area contributed by atoms with E-state index in [9.17, 15) is 0 Å². The number of nitrogens with zero attached hydrogens (tertiary/aromatic N) is 4. The third-order valence-electron chi connectivity index (χ3n) is 5.48. The number of rotatable bonds is 8. The summed E-state index contributed by atoms with van der Waals surface area (Å²) in [4.78, 5) is 0. The Morgan fingerprint density at radius 2 is 2.18 bits per heavy atom. The first-order valence-electron chi connectivity index (χ1n) is 11.4. The van der Waals surface area contributed by atoms with Crippen LogP contribution in [0.2, 0.25) is 5.02 Å². The summed E-state index contributed by atoms with van der Waals surface area (Å²) in [7, 11) is 0. The van der Waals surface area contributed by atoms with Crippen LogP contribution in [-0.4, -0.2) is 40.4 Å². The Bertz CT molecular complexity index is 1100. The summed E-state index contributed by atoms with van der Waals surface area (Å²) in [6.07, 6.45) is 11.2. The largest absolute Gasteiger partial charge is 0.478 e. The van der Waals surface area contributed by atoms with Crippen molar-refractivity contribution in [2.75, 3.05) is 26.0 Å². The van der Waals surface area contributed by atoms with Gasteiger partial charge >= 0.3 is 0 Å². The smallest absolute Gasteiger partial charge is 0.174 e. The Hall–Kier alpha value is -2.18. The van der Waals surface area contributed by atoms with Crippen molar-refractivity contribution in [2.24, 2.45) is 0 Å². The number of nitrogens with one attached hydrogen (secondary N) is 1. The molecule has 0 amide bonds. The summed E-state index contributed by atoms with van der Waals surface area (Å²) >= 11 is 8.36. The topological polar surface area (TPSA) is 77.0 Å². The number of halogens is 1. The Morgan fingerprint density at radius 3 is 2.88 bits per heavy atom. The normalized spacial score (nSPS) is 15.7. The Labute approximate surface area is 205 Å². The lowest BCUT2D eigenvalue weighted by molar-refractivity contribution is -0.0394. The number of hydrogen-bond acceptors (Lipinski definition) is 6. The van der Waals surface area contributed by atoms with Gasteiger partial charge in [-0.2, -0.15) is 10.4 Å². The molecule has 2 aromatic heterocycles. The molecule has 1 aliphatic rings. The maximum absolute atomic E-state index is 9.06. The van der Waals surface area contributed by atoms with Crippen LogP contribution in [0.3, 0.4) is 0 Å². The van der Waals surface area contributed by atoms with Gasteiger partial charge in [0.2, 0.25) is 0 Å². The standard InChI is InChI=1S/C22H26ClN5O2S.C2H6/c1-15-11-18(29-10-6-24)20-17(14-27(8-7-26-31-2)22(20)21(15)23)16-12-25-28(13-16)19-5-3-4-9-30-19;1-2/h11-14,19,26H,3-5,7-10H2,1-2H3;1-2H3. The molecular formula is C24H32ClN5O2S. The molecule has 1 aliphatic heterocycles. The summed E-state index contributed by atoms with van der Waals surface area (Å²) in [6.45, 7) is 8.24. The van der Waals surface area contributed by atoms with E-state index in [0.717, 1.165) is 66.6 Å². The number of nitriles is 1. The fraction of sp³-hybridized carbons (Fsp3) is 0.500. The third-order valence-corrected chi connectivity index (χ3v) is 6.45. The summed E-state index contributed by atoms with van der Waals surface area (Å²) in [6, 6.07) is 3.97. The van der Waals surface area contributed by atoms with Gasteiger partial charge in [0.1, 0.15) is 18.0 Å². The van der Waals surface area contributed by atoms with E-state index in [1.807, 2.05) is 50.2 Å². The van der Waals surface area contributed by atoms with Gasteiger partial charge in [-0.1, -0.05) is 37.4 Å². The maximum Gasteiger partial charge on any atom is 0.174 e. The highest BCUT2D eigenvalue weighted by molar-refractivity contribution is 7.96. The van der Waals surface area contributed by atoms with Crippen LogP contribution in [0.25, 0.3) is 22.0 Å². The number of benzene rings is 1. The number of hydrogen-bond donors (Lipinski definition) is 1. The summed E-state index contributed by atoms with van der Waals surface area (Å²) in [5, 5.41) is 15.2. The van der Waals surface area contributed by atoms with Gasteiger partial charge in [-0.15, -0.1) is 0 Å². The summed E-state index contributed by atoms with van der Waals surface area (Å²) < 4.78 is 19.0. The first-order chi connectivity index (χ1) is 16.1. The Kier molecular flexibility index (Phi) is 9.51. The highest BCUT2D eigenvalue weighted by atomic mass is 35.5. The lowest BCUT2D eigenvalue weighted by atomic mass is 10.1. The molecule has 1 N–H and O–H groups in total. The van der Waals surface area contributed by atoms with Crippen LogP contribution < -0.4 is 9.46 Å². The van der Waals surface area contributed by atoms with E-state index in [1.54, 1.807) is 11.9 Å².